The van der Waals surface area contributed by atoms with Crippen molar-refractivity contribution in [2.24, 2.45) is 11.8 Å². The molecular weight excluding hydrogens is 224 g/mol. The molecule has 1 aliphatic rings. The van der Waals surface area contributed by atoms with E-state index in [2.05, 4.69) is 19.2 Å². The maximum Gasteiger partial charge on any atom is 0.214 e. The van der Waals surface area contributed by atoms with Crippen molar-refractivity contribution >= 4 is 10.0 Å². The molecule has 0 aromatic heterocycles. The van der Waals surface area contributed by atoms with Gasteiger partial charge in [-0.25, -0.2) is 12.7 Å². The van der Waals surface area contributed by atoms with E-state index in [4.69, 9.17) is 0 Å². The summed E-state index contributed by atoms with van der Waals surface area (Å²) in [5, 5.41) is 3.15. The van der Waals surface area contributed by atoms with Gasteiger partial charge in [-0.2, -0.15) is 0 Å². The zero-order valence-electron chi connectivity index (χ0n) is 10.6. The van der Waals surface area contributed by atoms with Gasteiger partial charge in [0.1, 0.15) is 0 Å². The summed E-state index contributed by atoms with van der Waals surface area (Å²) < 4.78 is 25.6. The predicted octanol–water partition coefficient (Wildman–Crippen LogP) is 0.904. The van der Waals surface area contributed by atoms with Gasteiger partial charge in [0.05, 0.1) is 5.75 Å². The lowest BCUT2D eigenvalue weighted by atomic mass is 10.0. The summed E-state index contributed by atoms with van der Waals surface area (Å²) in [6.07, 6.45) is 0.704. The second-order valence-electron chi connectivity index (χ2n) is 4.79. The van der Waals surface area contributed by atoms with Crippen LogP contribution in [0.25, 0.3) is 0 Å². The summed E-state index contributed by atoms with van der Waals surface area (Å²) in [6, 6.07) is 0. The number of sulfonamides is 1. The van der Waals surface area contributed by atoms with Crippen LogP contribution in [0, 0.1) is 11.8 Å². The van der Waals surface area contributed by atoms with E-state index < -0.39 is 10.0 Å². The summed E-state index contributed by atoms with van der Waals surface area (Å²) in [5.74, 6) is 1.26. The molecule has 0 spiro atoms. The van der Waals surface area contributed by atoms with Crippen molar-refractivity contribution in [3.8, 4) is 0 Å². The minimum absolute atomic E-state index is 0.277. The van der Waals surface area contributed by atoms with Crippen molar-refractivity contribution < 1.29 is 8.42 Å². The summed E-state index contributed by atoms with van der Waals surface area (Å²) in [7, 11) is -3.01. The lowest BCUT2D eigenvalue weighted by molar-refractivity contribution is 0.461. The van der Waals surface area contributed by atoms with E-state index in [1.807, 2.05) is 6.92 Å². The Morgan fingerprint density at radius 2 is 1.81 bits per heavy atom. The third-order valence-electron chi connectivity index (χ3n) is 3.35. The van der Waals surface area contributed by atoms with E-state index >= 15 is 0 Å². The Morgan fingerprint density at radius 3 is 2.31 bits per heavy atom. The monoisotopic (exact) mass is 248 g/mol. The lowest BCUT2D eigenvalue weighted by Crippen LogP contribution is -2.32. The molecule has 0 aromatic rings. The summed E-state index contributed by atoms with van der Waals surface area (Å²) in [5.41, 5.74) is 0. The van der Waals surface area contributed by atoms with Gasteiger partial charge in [0, 0.05) is 13.1 Å². The normalized spacial score (nSPS) is 27.4. The molecule has 0 amide bonds. The molecule has 1 saturated heterocycles. The van der Waals surface area contributed by atoms with E-state index in [-0.39, 0.29) is 5.75 Å². The minimum Gasteiger partial charge on any atom is -0.317 e. The SMILES string of the molecule is CCNCCCS(=O)(=O)N1CC(C)C(C)C1. The quantitative estimate of drug-likeness (QED) is 0.711. The van der Waals surface area contributed by atoms with Crippen LogP contribution in [-0.2, 0) is 10.0 Å². The highest BCUT2D eigenvalue weighted by Crippen LogP contribution is 2.24. The van der Waals surface area contributed by atoms with E-state index in [9.17, 15) is 8.42 Å². The topological polar surface area (TPSA) is 49.4 Å². The second-order valence-corrected chi connectivity index (χ2v) is 6.88. The van der Waals surface area contributed by atoms with Crippen molar-refractivity contribution in [2.75, 3.05) is 31.9 Å². The smallest absolute Gasteiger partial charge is 0.214 e. The molecule has 16 heavy (non-hydrogen) atoms. The Morgan fingerprint density at radius 1 is 1.25 bits per heavy atom. The number of nitrogens with one attached hydrogen (secondary N) is 1. The van der Waals surface area contributed by atoms with Gasteiger partial charge in [0.2, 0.25) is 10.0 Å². The molecule has 4 nitrogen and oxygen atoms in total. The Balaban J connectivity index is 2.40. The van der Waals surface area contributed by atoms with Crippen molar-refractivity contribution in [3.63, 3.8) is 0 Å². The molecule has 0 aliphatic carbocycles. The molecule has 1 rings (SSSR count). The Labute approximate surface area is 99.5 Å². The van der Waals surface area contributed by atoms with Gasteiger partial charge in [0.25, 0.3) is 0 Å². The van der Waals surface area contributed by atoms with Crippen LogP contribution in [0.2, 0.25) is 0 Å². The predicted molar refractivity (Wildman–Crippen MR) is 66.8 cm³/mol. The number of hydrogen-bond donors (Lipinski definition) is 1. The third-order valence-corrected chi connectivity index (χ3v) is 5.24. The summed E-state index contributed by atoms with van der Waals surface area (Å²) in [4.78, 5) is 0. The Kier molecular flexibility index (Phi) is 5.21. The van der Waals surface area contributed by atoms with Crippen LogP contribution >= 0.6 is 0 Å². The van der Waals surface area contributed by atoms with Crippen LogP contribution in [0.15, 0.2) is 0 Å². The number of rotatable bonds is 6. The molecular formula is C11H24N2O2S. The maximum atomic E-state index is 12.0. The van der Waals surface area contributed by atoms with E-state index in [0.717, 1.165) is 13.1 Å². The fourth-order valence-electron chi connectivity index (χ4n) is 1.99. The van der Waals surface area contributed by atoms with E-state index in [0.29, 0.717) is 31.3 Å². The van der Waals surface area contributed by atoms with Crippen LogP contribution < -0.4 is 5.32 Å². The third kappa shape index (κ3) is 3.71. The molecule has 96 valence electrons. The average molecular weight is 248 g/mol. The van der Waals surface area contributed by atoms with Gasteiger partial charge in [-0.3, -0.25) is 0 Å². The minimum atomic E-state index is -3.01. The zero-order chi connectivity index (χ0) is 12.2. The molecule has 0 aromatic carbocycles. The standard InChI is InChI=1S/C11H24N2O2S/c1-4-12-6-5-7-16(14,15)13-8-10(2)11(3)9-13/h10-12H,4-9H2,1-3H3. The fourth-order valence-corrected chi connectivity index (χ4v) is 3.68. The van der Waals surface area contributed by atoms with Gasteiger partial charge >= 0.3 is 0 Å². The first-order valence-electron chi connectivity index (χ1n) is 6.16. The second kappa shape index (κ2) is 5.98. The van der Waals surface area contributed by atoms with Gasteiger partial charge in [-0.1, -0.05) is 20.8 Å². The van der Waals surface area contributed by atoms with Crippen LogP contribution in [0.4, 0.5) is 0 Å². The zero-order valence-corrected chi connectivity index (χ0v) is 11.4. The van der Waals surface area contributed by atoms with Crippen molar-refractivity contribution in [1.29, 1.82) is 0 Å². The number of nitrogens with zero attached hydrogens (tertiary/aromatic N) is 1. The molecule has 1 fully saturated rings. The fraction of sp³-hybridized carbons (Fsp3) is 1.00. The van der Waals surface area contributed by atoms with E-state index in [1.165, 1.54) is 0 Å². The number of hydrogen-bond acceptors (Lipinski definition) is 3. The summed E-state index contributed by atoms with van der Waals surface area (Å²) in [6.45, 7) is 9.36. The molecule has 0 radical (unpaired) electrons. The summed E-state index contributed by atoms with van der Waals surface area (Å²) >= 11 is 0. The largest absolute Gasteiger partial charge is 0.317 e. The molecule has 0 bridgehead atoms. The first-order valence-corrected chi connectivity index (χ1v) is 7.76. The molecule has 5 heteroatoms. The highest BCUT2D eigenvalue weighted by Gasteiger charge is 2.33. The average Bonchev–Trinajstić information content (AvgIpc) is 2.55. The first-order chi connectivity index (χ1) is 7.47. The van der Waals surface area contributed by atoms with E-state index in [1.54, 1.807) is 4.31 Å². The molecule has 1 N–H and O–H groups in total. The van der Waals surface area contributed by atoms with Crippen molar-refractivity contribution in [1.82, 2.24) is 9.62 Å². The highest BCUT2D eigenvalue weighted by atomic mass is 32.2. The van der Waals surface area contributed by atoms with Gasteiger partial charge in [0.15, 0.2) is 0 Å². The van der Waals surface area contributed by atoms with Crippen molar-refractivity contribution in [2.45, 2.75) is 27.2 Å². The van der Waals surface area contributed by atoms with Crippen LogP contribution in [0.5, 0.6) is 0 Å². The van der Waals surface area contributed by atoms with Gasteiger partial charge in [-0.05, 0) is 31.3 Å². The van der Waals surface area contributed by atoms with Gasteiger partial charge < -0.3 is 5.32 Å². The molecule has 1 heterocycles. The molecule has 0 saturated carbocycles. The molecule has 2 unspecified atom stereocenters. The van der Waals surface area contributed by atoms with Crippen LogP contribution in [0.3, 0.4) is 0 Å². The highest BCUT2D eigenvalue weighted by molar-refractivity contribution is 7.89. The Bertz CT molecular complexity index is 293. The van der Waals surface area contributed by atoms with Crippen LogP contribution in [0.1, 0.15) is 27.2 Å². The van der Waals surface area contributed by atoms with Crippen LogP contribution in [-0.4, -0.2) is 44.7 Å². The first kappa shape index (κ1) is 13.9. The van der Waals surface area contributed by atoms with Gasteiger partial charge in [-0.15, -0.1) is 0 Å². The van der Waals surface area contributed by atoms with Crippen molar-refractivity contribution in [3.05, 3.63) is 0 Å². The molecule has 2 atom stereocenters. The lowest BCUT2D eigenvalue weighted by Gasteiger charge is -2.15. The molecule has 1 aliphatic heterocycles. The Hall–Kier alpha value is -0.130. The maximum absolute atomic E-state index is 12.0.